The van der Waals surface area contributed by atoms with Gasteiger partial charge in [0.1, 0.15) is 35.5 Å². The Balaban J connectivity index is 1.66. The van der Waals surface area contributed by atoms with Gasteiger partial charge in [-0.3, -0.25) is 0 Å². The van der Waals surface area contributed by atoms with Crippen LogP contribution in [0.5, 0.6) is 0 Å². The number of hydrogen-bond donors (Lipinski definition) is 3. The highest BCUT2D eigenvalue weighted by Gasteiger charge is 2.46. The summed E-state index contributed by atoms with van der Waals surface area (Å²) in [5.41, 5.74) is 1.04. The van der Waals surface area contributed by atoms with Gasteiger partial charge < -0.3 is 20.1 Å². The van der Waals surface area contributed by atoms with E-state index in [0.717, 1.165) is 32.8 Å². The summed E-state index contributed by atoms with van der Waals surface area (Å²) in [7, 11) is 0. The van der Waals surface area contributed by atoms with Crippen molar-refractivity contribution in [3.8, 4) is 11.3 Å². The summed E-state index contributed by atoms with van der Waals surface area (Å²) in [6.45, 7) is 3.33. The molecule has 4 rings (SSSR count). The molecule has 3 aromatic rings. The summed E-state index contributed by atoms with van der Waals surface area (Å²) in [4.78, 5) is 0.893. The Kier molecular flexibility index (Phi) is 6.78. The van der Waals surface area contributed by atoms with Gasteiger partial charge >= 0.3 is 0 Å². The maximum Gasteiger partial charge on any atom is 0.194 e. The fraction of sp³-hybridized carbons (Fsp3) is 0.364. The van der Waals surface area contributed by atoms with E-state index >= 15 is 0 Å². The predicted octanol–water partition coefficient (Wildman–Crippen LogP) is 2.75. The van der Waals surface area contributed by atoms with Gasteiger partial charge in [0.05, 0.1) is 12.8 Å². The standard InChI is InChI=1S/C22H22F3N3O4S/c1-10-4-3-5-11(2)21(10)33-22-20(31)18(19(30)16(9-29)32-22)28-8-15(26-27-28)12-6-13(23)17(25)14(24)7-12/h3-8,16,18-20,22,29-31H,9H2,1-2H3/t16?,18?,19-,20-,22+/m0/s1. The molecule has 0 saturated carbocycles. The fourth-order valence-corrected chi connectivity index (χ4v) is 5.08. The van der Waals surface area contributed by atoms with E-state index in [1.54, 1.807) is 0 Å². The van der Waals surface area contributed by atoms with E-state index in [1.165, 1.54) is 18.0 Å². The number of rotatable bonds is 5. The zero-order valence-electron chi connectivity index (χ0n) is 17.7. The molecule has 7 nitrogen and oxygen atoms in total. The molecule has 0 bridgehead atoms. The summed E-state index contributed by atoms with van der Waals surface area (Å²) in [6.07, 6.45) is -2.36. The average molecular weight is 481 g/mol. The van der Waals surface area contributed by atoms with Crippen LogP contribution < -0.4 is 0 Å². The number of benzene rings is 2. The van der Waals surface area contributed by atoms with Gasteiger partial charge in [0, 0.05) is 10.5 Å². The lowest BCUT2D eigenvalue weighted by Gasteiger charge is -2.42. The van der Waals surface area contributed by atoms with Crippen molar-refractivity contribution in [1.82, 2.24) is 15.0 Å². The maximum atomic E-state index is 13.6. The Hall–Kier alpha value is -2.44. The number of aliphatic hydroxyl groups is 3. The first-order chi connectivity index (χ1) is 15.7. The average Bonchev–Trinajstić information content (AvgIpc) is 3.25. The van der Waals surface area contributed by atoms with E-state index in [0.29, 0.717) is 0 Å². The van der Waals surface area contributed by atoms with Crippen molar-refractivity contribution in [2.75, 3.05) is 6.61 Å². The van der Waals surface area contributed by atoms with Crippen LogP contribution in [0.3, 0.4) is 0 Å². The molecule has 0 aliphatic carbocycles. The molecule has 1 fully saturated rings. The zero-order chi connectivity index (χ0) is 23.9. The third-order valence-corrected chi connectivity index (χ3v) is 7.09. The second kappa shape index (κ2) is 9.43. The second-order valence-electron chi connectivity index (χ2n) is 7.87. The molecule has 2 heterocycles. The molecule has 2 aromatic carbocycles. The summed E-state index contributed by atoms with van der Waals surface area (Å²) in [6, 6.07) is 6.23. The Labute approximate surface area is 191 Å². The number of halogens is 3. The molecule has 0 spiro atoms. The first-order valence-corrected chi connectivity index (χ1v) is 11.0. The SMILES string of the molecule is Cc1cccc(C)c1S[C@H]1OC(CO)[C@H](O)C(n2cc(-c3cc(F)c(F)c(F)c3)nn2)[C@@H]1O. The number of aryl methyl sites for hydroxylation is 2. The normalized spacial score (nSPS) is 25.4. The van der Waals surface area contributed by atoms with Gasteiger partial charge in [-0.25, -0.2) is 17.9 Å². The van der Waals surface area contributed by atoms with Gasteiger partial charge in [-0.15, -0.1) is 5.10 Å². The lowest BCUT2D eigenvalue weighted by atomic mass is 9.97. The van der Waals surface area contributed by atoms with Gasteiger partial charge in [0.15, 0.2) is 17.5 Å². The smallest absolute Gasteiger partial charge is 0.194 e. The number of nitrogens with zero attached hydrogens (tertiary/aromatic N) is 3. The first kappa shape index (κ1) is 23.7. The maximum absolute atomic E-state index is 13.6. The number of aromatic nitrogens is 3. The molecule has 1 aliphatic rings. The lowest BCUT2D eigenvalue weighted by molar-refractivity contribution is -0.178. The first-order valence-electron chi connectivity index (χ1n) is 10.1. The Morgan fingerprint density at radius 1 is 1.06 bits per heavy atom. The highest BCUT2D eigenvalue weighted by atomic mass is 32.2. The molecule has 0 radical (unpaired) electrons. The zero-order valence-corrected chi connectivity index (χ0v) is 18.5. The van der Waals surface area contributed by atoms with Crippen molar-refractivity contribution in [2.24, 2.45) is 0 Å². The van der Waals surface area contributed by atoms with Gasteiger partial charge in [-0.1, -0.05) is 35.2 Å². The topological polar surface area (TPSA) is 101 Å². The van der Waals surface area contributed by atoms with Crippen molar-refractivity contribution < 1.29 is 33.2 Å². The molecule has 33 heavy (non-hydrogen) atoms. The highest BCUT2D eigenvalue weighted by molar-refractivity contribution is 8.00. The van der Waals surface area contributed by atoms with E-state index < -0.39 is 53.8 Å². The summed E-state index contributed by atoms with van der Waals surface area (Å²) in [5, 5.41) is 39.3. The van der Waals surface area contributed by atoms with E-state index in [9.17, 15) is 28.5 Å². The number of ether oxygens (including phenoxy) is 1. The van der Waals surface area contributed by atoms with Crippen LogP contribution in [0, 0.1) is 31.3 Å². The van der Waals surface area contributed by atoms with Crippen molar-refractivity contribution in [3.05, 3.63) is 65.1 Å². The van der Waals surface area contributed by atoms with Gasteiger partial charge in [-0.2, -0.15) is 0 Å². The van der Waals surface area contributed by atoms with Crippen LogP contribution in [0.15, 0.2) is 41.4 Å². The molecule has 5 atom stereocenters. The van der Waals surface area contributed by atoms with Gasteiger partial charge in [0.2, 0.25) is 0 Å². The molecule has 1 aromatic heterocycles. The highest BCUT2D eigenvalue weighted by Crippen LogP contribution is 2.40. The quantitative estimate of drug-likeness (QED) is 0.482. The number of hydrogen-bond acceptors (Lipinski definition) is 7. The molecular weight excluding hydrogens is 459 g/mol. The van der Waals surface area contributed by atoms with Gasteiger partial charge in [-0.05, 0) is 37.1 Å². The van der Waals surface area contributed by atoms with E-state index in [2.05, 4.69) is 10.3 Å². The molecule has 1 aliphatic heterocycles. The molecule has 1 saturated heterocycles. The largest absolute Gasteiger partial charge is 0.394 e. The van der Waals surface area contributed by atoms with E-state index in [-0.39, 0.29) is 11.3 Å². The minimum Gasteiger partial charge on any atom is -0.394 e. The molecule has 0 amide bonds. The number of aliphatic hydroxyl groups excluding tert-OH is 3. The molecular formula is C22H22F3N3O4S. The third-order valence-electron chi connectivity index (χ3n) is 5.59. The van der Waals surface area contributed by atoms with Crippen LogP contribution in [-0.4, -0.2) is 60.7 Å². The summed E-state index contributed by atoms with van der Waals surface area (Å²) in [5.74, 6) is -4.36. The van der Waals surface area contributed by atoms with Crippen LogP contribution in [0.4, 0.5) is 13.2 Å². The van der Waals surface area contributed by atoms with Gasteiger partial charge in [0.25, 0.3) is 0 Å². The summed E-state index contributed by atoms with van der Waals surface area (Å²) >= 11 is 1.26. The monoisotopic (exact) mass is 481 g/mol. The number of thioether (sulfide) groups is 1. The Bertz CT molecular complexity index is 1120. The van der Waals surface area contributed by atoms with Crippen molar-refractivity contribution in [1.29, 1.82) is 0 Å². The van der Waals surface area contributed by atoms with Crippen LogP contribution in [0.1, 0.15) is 17.2 Å². The van der Waals surface area contributed by atoms with Crippen LogP contribution >= 0.6 is 11.8 Å². The summed E-state index contributed by atoms with van der Waals surface area (Å²) < 4.78 is 47.5. The molecule has 176 valence electrons. The van der Waals surface area contributed by atoms with Crippen LogP contribution in [0.2, 0.25) is 0 Å². The predicted molar refractivity (Wildman–Crippen MR) is 114 cm³/mol. The van der Waals surface area contributed by atoms with Crippen molar-refractivity contribution in [2.45, 2.75) is 48.5 Å². The Morgan fingerprint density at radius 2 is 1.70 bits per heavy atom. The fourth-order valence-electron chi connectivity index (χ4n) is 3.84. The van der Waals surface area contributed by atoms with E-state index in [4.69, 9.17) is 4.74 Å². The molecule has 3 N–H and O–H groups in total. The minimum atomic E-state index is -1.60. The Morgan fingerprint density at radius 3 is 2.30 bits per heavy atom. The van der Waals surface area contributed by atoms with Crippen molar-refractivity contribution in [3.63, 3.8) is 0 Å². The second-order valence-corrected chi connectivity index (χ2v) is 8.98. The minimum absolute atomic E-state index is 0.0122. The van der Waals surface area contributed by atoms with Crippen molar-refractivity contribution >= 4 is 11.8 Å². The molecule has 11 heteroatoms. The third kappa shape index (κ3) is 4.51. The lowest BCUT2D eigenvalue weighted by Crippen LogP contribution is -2.55. The van der Waals surface area contributed by atoms with E-state index in [1.807, 2.05) is 32.0 Å². The van der Waals surface area contributed by atoms with Crippen LogP contribution in [0.25, 0.3) is 11.3 Å². The van der Waals surface area contributed by atoms with Crippen LogP contribution in [-0.2, 0) is 4.74 Å². The molecule has 2 unspecified atom stereocenters.